The van der Waals surface area contributed by atoms with Crippen LogP contribution in [0.25, 0.3) is 21.8 Å². The van der Waals surface area contributed by atoms with E-state index >= 15 is 0 Å². The molecule has 4 aromatic carbocycles. The van der Waals surface area contributed by atoms with Crippen LogP contribution in [0.4, 0.5) is 0 Å². The molecule has 0 spiro atoms. The van der Waals surface area contributed by atoms with Crippen molar-refractivity contribution in [2.45, 2.75) is 37.8 Å². The number of fused-ring (bicyclic) bond motifs is 3. The van der Waals surface area contributed by atoms with Gasteiger partial charge < -0.3 is 4.57 Å². The number of halogens is 1. The van der Waals surface area contributed by atoms with E-state index in [1.165, 1.54) is 0 Å². The van der Waals surface area contributed by atoms with Crippen molar-refractivity contribution in [1.82, 2.24) is 4.57 Å². The summed E-state index contributed by atoms with van der Waals surface area (Å²) in [5.41, 5.74) is 4.59. The summed E-state index contributed by atoms with van der Waals surface area (Å²) >= 11 is 7.50. The van der Waals surface area contributed by atoms with Gasteiger partial charge in [0.15, 0.2) is 17.6 Å². The Hall–Kier alpha value is -3.74. The van der Waals surface area contributed by atoms with Gasteiger partial charge in [-0.1, -0.05) is 41.0 Å². The molecular formula is C32H27ClN2O3S. The molecule has 39 heavy (non-hydrogen) atoms. The van der Waals surface area contributed by atoms with Crippen molar-refractivity contribution in [1.29, 1.82) is 0 Å². The van der Waals surface area contributed by atoms with Crippen LogP contribution in [-0.2, 0) is 6.54 Å². The molecule has 1 heterocycles. The maximum absolute atomic E-state index is 13.3. The number of nitrogens with zero attached hydrogens (tertiary/aromatic N) is 2. The molecule has 0 saturated carbocycles. The first-order valence-electron chi connectivity index (χ1n) is 12.8. The maximum atomic E-state index is 13.3. The first-order valence-corrected chi connectivity index (χ1v) is 14.2. The Kier molecular flexibility index (Phi) is 7.96. The lowest BCUT2D eigenvalue weighted by Crippen LogP contribution is -2.19. The van der Waals surface area contributed by atoms with Gasteiger partial charge in [-0.15, -0.1) is 11.8 Å². The van der Waals surface area contributed by atoms with Crippen LogP contribution < -0.4 is 0 Å². The van der Waals surface area contributed by atoms with Crippen LogP contribution in [0.3, 0.4) is 0 Å². The molecule has 1 unspecified atom stereocenters. The molecule has 7 heteroatoms. The normalized spacial score (nSPS) is 12.1. The van der Waals surface area contributed by atoms with Crippen molar-refractivity contribution in [2.24, 2.45) is 5.18 Å². The molecule has 0 N–H and O–H groups in total. The topological polar surface area (TPSA) is 68.5 Å². The number of thioether (sulfide) groups is 1. The van der Waals surface area contributed by atoms with Crippen LogP contribution in [0.1, 0.15) is 45.2 Å². The minimum Gasteiger partial charge on any atom is -0.341 e. The van der Waals surface area contributed by atoms with E-state index in [9.17, 15) is 14.5 Å². The molecule has 0 fully saturated rings. The number of carbonyl (C=O) groups is 2. The fourth-order valence-electron chi connectivity index (χ4n) is 4.97. The zero-order valence-electron chi connectivity index (χ0n) is 21.7. The van der Waals surface area contributed by atoms with Gasteiger partial charge in [0.25, 0.3) is 0 Å². The van der Waals surface area contributed by atoms with E-state index < -0.39 is 6.04 Å². The predicted molar refractivity (Wildman–Crippen MR) is 160 cm³/mol. The van der Waals surface area contributed by atoms with Gasteiger partial charge in [0.2, 0.25) is 0 Å². The van der Waals surface area contributed by atoms with Gasteiger partial charge in [-0.25, -0.2) is 0 Å². The van der Waals surface area contributed by atoms with E-state index in [0.717, 1.165) is 38.8 Å². The van der Waals surface area contributed by atoms with E-state index in [1.54, 1.807) is 17.8 Å². The van der Waals surface area contributed by atoms with Crippen molar-refractivity contribution in [3.63, 3.8) is 0 Å². The van der Waals surface area contributed by atoms with Crippen LogP contribution in [0.2, 0.25) is 5.02 Å². The number of rotatable bonds is 10. The predicted octanol–water partition coefficient (Wildman–Crippen LogP) is 8.51. The number of hydrogen-bond donors (Lipinski definition) is 0. The third-order valence-corrected chi connectivity index (χ3v) is 8.32. The Bertz CT molecular complexity index is 1710. The van der Waals surface area contributed by atoms with Crippen molar-refractivity contribution in [3.05, 3.63) is 117 Å². The maximum Gasteiger partial charge on any atom is 0.193 e. The molecule has 0 amide bonds. The molecule has 5 rings (SSSR count). The number of carbonyl (C=O) groups excluding carboxylic acids is 2. The van der Waals surface area contributed by atoms with Gasteiger partial charge in [-0.2, -0.15) is 4.91 Å². The van der Waals surface area contributed by atoms with E-state index in [0.29, 0.717) is 33.9 Å². The highest BCUT2D eigenvalue weighted by Gasteiger charge is 2.23. The number of Topliss-reactive ketones (excluding diaryl/α,β-unsaturated/α-hetero) is 1. The average Bonchev–Trinajstić information content (AvgIpc) is 3.28. The largest absolute Gasteiger partial charge is 0.341 e. The lowest BCUT2D eigenvalue weighted by Gasteiger charge is -2.09. The standard InChI is InChI=1S/C32H27ClN2O3S/c1-3-35-29-14-8-21(31(36)25-7-5-4-6-20(25)2)18-26(29)27-19-22(9-15-30(27)35)32(37)28(34-38)16-17-39-24-12-10-23(33)11-13-24/h4-15,18-19,28H,3,16-17H2,1-2H3. The Balaban J connectivity index is 1.46. The monoisotopic (exact) mass is 554 g/mol. The van der Waals surface area contributed by atoms with Crippen molar-refractivity contribution >= 4 is 56.7 Å². The van der Waals surface area contributed by atoms with Crippen molar-refractivity contribution < 1.29 is 9.59 Å². The minimum absolute atomic E-state index is 0.0389. The van der Waals surface area contributed by atoms with Crippen LogP contribution in [0.5, 0.6) is 0 Å². The van der Waals surface area contributed by atoms with Gasteiger partial charge in [0.1, 0.15) is 0 Å². The number of ketones is 2. The Labute approximate surface area is 236 Å². The quantitative estimate of drug-likeness (QED) is 0.0985. The molecule has 1 aromatic heterocycles. The van der Waals surface area contributed by atoms with Crippen molar-refractivity contribution in [2.75, 3.05) is 5.75 Å². The second-order valence-electron chi connectivity index (χ2n) is 9.43. The summed E-state index contributed by atoms with van der Waals surface area (Å²) in [5.74, 6) is 0.238. The van der Waals surface area contributed by atoms with E-state index in [2.05, 4.69) is 16.7 Å². The number of benzene rings is 4. The molecule has 0 aliphatic heterocycles. The number of nitroso groups, excluding NO2 is 1. The third kappa shape index (κ3) is 5.40. The second-order valence-corrected chi connectivity index (χ2v) is 11.0. The summed E-state index contributed by atoms with van der Waals surface area (Å²) in [6, 6.07) is 25.3. The molecule has 0 radical (unpaired) electrons. The SMILES string of the molecule is CCn1c2ccc(C(=O)c3ccccc3C)cc2c2cc(C(=O)C(CCSc3ccc(Cl)cc3)N=O)ccc21. The second kappa shape index (κ2) is 11.6. The first kappa shape index (κ1) is 26.9. The highest BCUT2D eigenvalue weighted by Crippen LogP contribution is 2.32. The summed E-state index contributed by atoms with van der Waals surface area (Å²) < 4.78 is 2.17. The number of aryl methyl sites for hydroxylation is 2. The Morgan fingerprint density at radius 3 is 2.18 bits per heavy atom. The molecule has 1 atom stereocenters. The van der Waals surface area contributed by atoms with E-state index in [-0.39, 0.29) is 11.6 Å². The fraction of sp³-hybridized carbons (Fsp3) is 0.188. The Morgan fingerprint density at radius 2 is 1.54 bits per heavy atom. The highest BCUT2D eigenvalue weighted by atomic mass is 35.5. The molecule has 5 aromatic rings. The smallest absolute Gasteiger partial charge is 0.193 e. The zero-order chi connectivity index (χ0) is 27.5. The zero-order valence-corrected chi connectivity index (χ0v) is 23.3. The molecule has 5 nitrogen and oxygen atoms in total. The highest BCUT2D eigenvalue weighted by molar-refractivity contribution is 7.99. The lowest BCUT2D eigenvalue weighted by atomic mass is 9.97. The van der Waals surface area contributed by atoms with Crippen LogP contribution >= 0.6 is 23.4 Å². The molecule has 0 saturated heterocycles. The first-order chi connectivity index (χ1) is 18.9. The van der Waals surface area contributed by atoms with Gasteiger partial charge in [-0.05, 0) is 86.5 Å². The fourth-order valence-corrected chi connectivity index (χ4v) is 6.00. The summed E-state index contributed by atoms with van der Waals surface area (Å²) in [4.78, 5) is 39.4. The van der Waals surface area contributed by atoms with Gasteiger partial charge in [0.05, 0.1) is 0 Å². The number of hydrogen-bond acceptors (Lipinski definition) is 5. The van der Waals surface area contributed by atoms with Crippen LogP contribution in [0.15, 0.2) is 95.0 Å². The summed E-state index contributed by atoms with van der Waals surface area (Å²) in [6.45, 7) is 4.73. The average molecular weight is 555 g/mol. The summed E-state index contributed by atoms with van der Waals surface area (Å²) in [5, 5.41) is 5.60. The van der Waals surface area contributed by atoms with Crippen molar-refractivity contribution in [3.8, 4) is 0 Å². The van der Waals surface area contributed by atoms with E-state index in [4.69, 9.17) is 11.6 Å². The van der Waals surface area contributed by atoms with Crippen LogP contribution in [0, 0.1) is 11.8 Å². The number of aromatic nitrogens is 1. The third-order valence-electron chi connectivity index (χ3n) is 7.02. The molecule has 196 valence electrons. The minimum atomic E-state index is -0.972. The molecule has 0 aliphatic rings. The van der Waals surface area contributed by atoms with Gasteiger partial charge in [-0.3, -0.25) is 9.59 Å². The van der Waals surface area contributed by atoms with Gasteiger partial charge in [0, 0.05) is 60.7 Å². The lowest BCUT2D eigenvalue weighted by molar-refractivity contribution is 0.0959. The molecule has 0 aliphatic carbocycles. The Morgan fingerprint density at radius 1 is 0.897 bits per heavy atom. The summed E-state index contributed by atoms with van der Waals surface area (Å²) in [6.07, 6.45) is 0.333. The summed E-state index contributed by atoms with van der Waals surface area (Å²) in [7, 11) is 0. The van der Waals surface area contributed by atoms with E-state index in [1.807, 2.05) is 85.8 Å². The van der Waals surface area contributed by atoms with Crippen LogP contribution in [-0.4, -0.2) is 27.9 Å². The molecule has 0 bridgehead atoms. The molecular weight excluding hydrogens is 528 g/mol. The van der Waals surface area contributed by atoms with Gasteiger partial charge >= 0.3 is 0 Å².